The summed E-state index contributed by atoms with van der Waals surface area (Å²) >= 11 is 1.01. The van der Waals surface area contributed by atoms with E-state index in [4.69, 9.17) is 5.41 Å². The summed E-state index contributed by atoms with van der Waals surface area (Å²) in [7, 11) is 0. The molecule has 0 radical (unpaired) electrons. The average molecular weight is 304 g/mol. The Morgan fingerprint density at radius 2 is 2.10 bits per heavy atom. The SMILES string of the molecule is Cc1ccc(OC(F)C(F)F)c(N2C(=N)SCC2=O)c1. The van der Waals surface area contributed by atoms with Crippen molar-refractivity contribution in [3.8, 4) is 5.75 Å². The number of amides is 1. The third kappa shape index (κ3) is 2.90. The van der Waals surface area contributed by atoms with Gasteiger partial charge in [-0.3, -0.25) is 15.1 Å². The normalized spacial score (nSPS) is 16.9. The molecule has 0 aliphatic carbocycles. The van der Waals surface area contributed by atoms with Crippen LogP contribution < -0.4 is 9.64 Å². The van der Waals surface area contributed by atoms with E-state index in [2.05, 4.69) is 4.74 Å². The zero-order valence-corrected chi connectivity index (χ0v) is 11.2. The highest BCUT2D eigenvalue weighted by Gasteiger charge is 2.32. The van der Waals surface area contributed by atoms with E-state index in [9.17, 15) is 18.0 Å². The molecular formula is C12H11F3N2O2S. The van der Waals surface area contributed by atoms with E-state index < -0.39 is 12.8 Å². The number of hydrogen-bond donors (Lipinski definition) is 1. The van der Waals surface area contributed by atoms with Crippen molar-refractivity contribution in [2.45, 2.75) is 19.7 Å². The molecule has 1 unspecified atom stereocenters. The maximum atomic E-state index is 13.0. The topological polar surface area (TPSA) is 53.4 Å². The number of aryl methyl sites for hydroxylation is 1. The molecule has 1 heterocycles. The number of nitrogens with one attached hydrogen (secondary N) is 1. The van der Waals surface area contributed by atoms with Crippen LogP contribution in [0.3, 0.4) is 0 Å². The van der Waals surface area contributed by atoms with E-state index in [0.717, 1.165) is 22.2 Å². The van der Waals surface area contributed by atoms with Crippen LogP contribution in [-0.4, -0.2) is 29.6 Å². The Morgan fingerprint density at radius 3 is 2.65 bits per heavy atom. The number of thioether (sulfide) groups is 1. The van der Waals surface area contributed by atoms with Crippen LogP contribution >= 0.6 is 11.8 Å². The Hall–Kier alpha value is -1.70. The predicted molar refractivity (Wildman–Crippen MR) is 70.4 cm³/mol. The van der Waals surface area contributed by atoms with Gasteiger partial charge in [0.2, 0.25) is 5.91 Å². The lowest BCUT2D eigenvalue weighted by Crippen LogP contribution is -2.30. The summed E-state index contributed by atoms with van der Waals surface area (Å²) in [5.74, 6) is -0.480. The number of anilines is 1. The number of ether oxygens (including phenoxy) is 1. The van der Waals surface area contributed by atoms with Crippen molar-refractivity contribution < 1.29 is 22.7 Å². The van der Waals surface area contributed by atoms with Gasteiger partial charge in [-0.25, -0.2) is 8.78 Å². The van der Waals surface area contributed by atoms with Crippen LogP contribution in [0.15, 0.2) is 18.2 Å². The molecule has 0 aromatic heterocycles. The van der Waals surface area contributed by atoms with Crippen molar-refractivity contribution >= 4 is 28.5 Å². The first-order valence-corrected chi connectivity index (χ1v) is 6.62. The zero-order chi connectivity index (χ0) is 14.9. The van der Waals surface area contributed by atoms with E-state index in [0.29, 0.717) is 0 Å². The number of carbonyl (C=O) groups is 1. The summed E-state index contributed by atoms with van der Waals surface area (Å²) in [6.45, 7) is 1.73. The van der Waals surface area contributed by atoms with E-state index in [-0.39, 0.29) is 28.3 Å². The van der Waals surface area contributed by atoms with Gasteiger partial charge in [-0.1, -0.05) is 17.8 Å². The molecule has 1 saturated heterocycles. The van der Waals surface area contributed by atoms with Gasteiger partial charge in [-0.2, -0.15) is 4.39 Å². The summed E-state index contributed by atoms with van der Waals surface area (Å²) in [6.07, 6.45) is -6.07. The van der Waals surface area contributed by atoms with Gasteiger partial charge in [0.1, 0.15) is 5.75 Å². The van der Waals surface area contributed by atoms with Crippen molar-refractivity contribution in [2.24, 2.45) is 0 Å². The first kappa shape index (κ1) is 14.7. The van der Waals surface area contributed by atoms with Gasteiger partial charge in [0.05, 0.1) is 11.4 Å². The van der Waals surface area contributed by atoms with Gasteiger partial charge in [0, 0.05) is 0 Å². The summed E-state index contributed by atoms with van der Waals surface area (Å²) in [5.41, 5.74) is 0.839. The van der Waals surface area contributed by atoms with E-state index in [1.54, 1.807) is 13.0 Å². The second-order valence-electron chi connectivity index (χ2n) is 4.10. The molecule has 1 aromatic carbocycles. The molecule has 1 N–H and O–H groups in total. The minimum Gasteiger partial charge on any atom is -0.452 e. The lowest BCUT2D eigenvalue weighted by atomic mass is 10.2. The molecule has 0 spiro atoms. The second-order valence-corrected chi connectivity index (χ2v) is 5.06. The van der Waals surface area contributed by atoms with Crippen molar-refractivity contribution in [2.75, 3.05) is 10.7 Å². The van der Waals surface area contributed by atoms with Crippen LogP contribution in [0.1, 0.15) is 5.56 Å². The molecule has 1 aromatic rings. The van der Waals surface area contributed by atoms with Gasteiger partial charge in [0.25, 0.3) is 6.36 Å². The molecule has 4 nitrogen and oxygen atoms in total. The lowest BCUT2D eigenvalue weighted by Gasteiger charge is -2.20. The molecule has 0 bridgehead atoms. The fraction of sp³-hybridized carbons (Fsp3) is 0.333. The standard InChI is InChI=1S/C12H11F3N2O2S/c1-6-2-3-8(19-11(15)10(13)14)7(4-6)17-9(18)5-20-12(17)16/h2-4,10-11,16H,5H2,1H3. The van der Waals surface area contributed by atoms with Crippen molar-refractivity contribution in [3.05, 3.63) is 23.8 Å². The molecule has 108 valence electrons. The first-order chi connectivity index (χ1) is 9.40. The molecule has 1 aliphatic rings. The van der Waals surface area contributed by atoms with Crippen molar-refractivity contribution in [3.63, 3.8) is 0 Å². The van der Waals surface area contributed by atoms with E-state index in [1.165, 1.54) is 12.1 Å². The Labute approximate surface area is 117 Å². The summed E-state index contributed by atoms with van der Waals surface area (Å²) < 4.78 is 42.1. The fourth-order valence-electron chi connectivity index (χ4n) is 1.69. The number of carbonyl (C=O) groups excluding carboxylic acids is 1. The molecule has 1 aliphatic heterocycles. The van der Waals surface area contributed by atoms with Gasteiger partial charge in [-0.15, -0.1) is 0 Å². The summed E-state index contributed by atoms with van der Waals surface area (Å²) in [4.78, 5) is 12.8. The van der Waals surface area contributed by atoms with Crippen LogP contribution in [0.25, 0.3) is 0 Å². The number of benzene rings is 1. The maximum Gasteiger partial charge on any atom is 0.304 e. The molecule has 1 amide bonds. The highest BCUT2D eigenvalue weighted by atomic mass is 32.2. The van der Waals surface area contributed by atoms with Gasteiger partial charge < -0.3 is 4.74 Å². The highest BCUT2D eigenvalue weighted by molar-refractivity contribution is 8.15. The summed E-state index contributed by atoms with van der Waals surface area (Å²) in [5, 5.41) is 7.63. The van der Waals surface area contributed by atoms with Gasteiger partial charge in [-0.05, 0) is 24.6 Å². The molecule has 1 atom stereocenters. The van der Waals surface area contributed by atoms with Crippen LogP contribution in [0.2, 0.25) is 0 Å². The fourth-order valence-corrected chi connectivity index (χ4v) is 2.41. The monoisotopic (exact) mass is 304 g/mol. The van der Waals surface area contributed by atoms with Gasteiger partial charge in [0.15, 0.2) is 5.17 Å². The Balaban J connectivity index is 2.38. The predicted octanol–water partition coefficient (Wildman–Crippen LogP) is 2.95. The van der Waals surface area contributed by atoms with Crippen LogP contribution in [0.4, 0.5) is 18.9 Å². The van der Waals surface area contributed by atoms with Crippen LogP contribution in [0.5, 0.6) is 5.75 Å². The maximum absolute atomic E-state index is 13.0. The van der Waals surface area contributed by atoms with Crippen molar-refractivity contribution in [1.29, 1.82) is 5.41 Å². The smallest absolute Gasteiger partial charge is 0.304 e. The minimum atomic E-state index is -3.28. The zero-order valence-electron chi connectivity index (χ0n) is 10.4. The van der Waals surface area contributed by atoms with E-state index in [1.807, 2.05) is 0 Å². The first-order valence-electron chi connectivity index (χ1n) is 5.64. The van der Waals surface area contributed by atoms with Crippen molar-refractivity contribution in [1.82, 2.24) is 0 Å². The Bertz CT molecular complexity index is 538. The molecular weight excluding hydrogens is 293 g/mol. The second kappa shape index (κ2) is 5.74. The lowest BCUT2D eigenvalue weighted by molar-refractivity contribution is -0.115. The minimum absolute atomic E-state index is 0.0436. The highest BCUT2D eigenvalue weighted by Crippen LogP contribution is 2.35. The largest absolute Gasteiger partial charge is 0.452 e. The summed E-state index contributed by atoms with van der Waals surface area (Å²) in [6, 6.07) is 4.35. The molecule has 0 saturated carbocycles. The molecule has 1 fully saturated rings. The van der Waals surface area contributed by atoms with Gasteiger partial charge >= 0.3 is 6.43 Å². The molecule has 2 rings (SSSR count). The Morgan fingerprint density at radius 1 is 1.40 bits per heavy atom. The molecule has 8 heteroatoms. The number of nitrogens with zero attached hydrogens (tertiary/aromatic N) is 1. The number of rotatable bonds is 4. The molecule has 20 heavy (non-hydrogen) atoms. The Kier molecular flexibility index (Phi) is 4.22. The third-order valence-electron chi connectivity index (χ3n) is 2.58. The van der Waals surface area contributed by atoms with E-state index >= 15 is 0 Å². The average Bonchev–Trinajstić information content (AvgIpc) is 2.71. The third-order valence-corrected chi connectivity index (χ3v) is 3.43. The van der Waals surface area contributed by atoms with Crippen LogP contribution in [-0.2, 0) is 4.79 Å². The number of amidine groups is 1. The number of hydrogen-bond acceptors (Lipinski definition) is 4. The quantitative estimate of drug-likeness (QED) is 0.930. The number of alkyl halides is 3. The number of halogens is 3. The van der Waals surface area contributed by atoms with Crippen LogP contribution in [0, 0.1) is 12.3 Å².